The fraction of sp³-hybridized carbons (Fsp3) is 0.381. The van der Waals surface area contributed by atoms with Crippen LogP contribution in [-0.4, -0.2) is 12.0 Å². The van der Waals surface area contributed by atoms with E-state index in [1.165, 1.54) is 5.56 Å². The molecule has 0 aliphatic carbocycles. The first-order valence-electron chi connectivity index (χ1n) is 8.70. The molecule has 1 N–H and O–H groups in total. The van der Waals surface area contributed by atoms with Crippen LogP contribution in [0.3, 0.4) is 0 Å². The zero-order chi connectivity index (χ0) is 17.2. The Hall–Kier alpha value is -2.29. The van der Waals surface area contributed by atoms with E-state index >= 15 is 0 Å². The van der Waals surface area contributed by atoms with E-state index in [0.29, 0.717) is 6.54 Å². The highest BCUT2D eigenvalue weighted by molar-refractivity contribution is 5.84. The van der Waals surface area contributed by atoms with E-state index in [2.05, 4.69) is 44.3 Å². The minimum atomic E-state index is -0.478. The van der Waals surface area contributed by atoms with Crippen molar-refractivity contribution < 1.29 is 9.53 Å². The summed E-state index contributed by atoms with van der Waals surface area (Å²) < 4.78 is 6.00. The normalized spacial score (nSPS) is 21.9. The number of benzene rings is 2. The van der Waals surface area contributed by atoms with Gasteiger partial charge < -0.3 is 10.1 Å². The number of hydrogen-bond acceptors (Lipinski definition) is 2. The number of carbonyl (C=O) groups excluding carboxylic acids is 1. The molecule has 24 heavy (non-hydrogen) atoms. The van der Waals surface area contributed by atoms with Crippen molar-refractivity contribution in [3.05, 3.63) is 65.2 Å². The summed E-state index contributed by atoms with van der Waals surface area (Å²) in [4.78, 5) is 12.8. The molecule has 1 unspecified atom stereocenters. The molecule has 1 heterocycles. The second-order valence-corrected chi connectivity index (χ2v) is 6.66. The van der Waals surface area contributed by atoms with E-state index in [-0.39, 0.29) is 11.3 Å². The molecule has 1 aliphatic heterocycles. The van der Waals surface area contributed by atoms with Gasteiger partial charge in [0.1, 0.15) is 5.75 Å². The summed E-state index contributed by atoms with van der Waals surface area (Å²) >= 11 is 0. The predicted octanol–water partition coefficient (Wildman–Crippen LogP) is 3.99. The summed E-state index contributed by atoms with van der Waals surface area (Å²) in [6.45, 7) is 6.88. The molecule has 2 aromatic carbocycles. The number of fused-ring (bicyclic) bond motifs is 1. The first-order chi connectivity index (χ1) is 11.6. The first-order valence-corrected chi connectivity index (χ1v) is 8.70. The lowest BCUT2D eigenvalue weighted by Gasteiger charge is -2.28. The predicted molar refractivity (Wildman–Crippen MR) is 96.2 cm³/mol. The summed E-state index contributed by atoms with van der Waals surface area (Å²) in [7, 11) is 0. The average molecular weight is 323 g/mol. The second-order valence-electron chi connectivity index (χ2n) is 6.66. The molecule has 0 spiro atoms. The molecule has 0 saturated heterocycles. The minimum Gasteiger partial charge on any atom is -0.479 e. The standard InChI is InChI=1S/C21H25NO2/c1-4-15-9-8-10-16(13-15)14-22-20(23)19-21(3,5-2)17-11-6-7-12-18(17)24-19/h6-13,19H,4-5,14H2,1-3H3,(H,22,23)/t19-,21?/m0/s1. The molecule has 0 saturated carbocycles. The molecule has 3 heteroatoms. The van der Waals surface area contributed by atoms with Crippen LogP contribution in [0.1, 0.15) is 43.9 Å². The molecule has 0 radical (unpaired) electrons. The Balaban J connectivity index is 1.73. The highest BCUT2D eigenvalue weighted by atomic mass is 16.5. The zero-order valence-corrected chi connectivity index (χ0v) is 14.6. The number of para-hydroxylation sites is 1. The molecule has 0 fully saturated rings. The highest BCUT2D eigenvalue weighted by Gasteiger charge is 2.47. The molecule has 0 bridgehead atoms. The van der Waals surface area contributed by atoms with Crippen molar-refractivity contribution in [1.82, 2.24) is 5.32 Å². The van der Waals surface area contributed by atoms with Crippen LogP contribution in [0.2, 0.25) is 0 Å². The Morgan fingerprint density at radius 1 is 1.12 bits per heavy atom. The number of nitrogens with one attached hydrogen (secondary N) is 1. The molecule has 3 rings (SSSR count). The SMILES string of the molecule is CCc1cccc(CNC(=O)[C@@H]2Oc3ccccc3C2(C)CC)c1. The monoisotopic (exact) mass is 323 g/mol. The van der Waals surface area contributed by atoms with Crippen molar-refractivity contribution in [3.8, 4) is 5.75 Å². The third kappa shape index (κ3) is 2.91. The molecule has 126 valence electrons. The lowest BCUT2D eigenvalue weighted by molar-refractivity contribution is -0.130. The highest BCUT2D eigenvalue weighted by Crippen LogP contribution is 2.44. The van der Waals surface area contributed by atoms with Crippen LogP contribution in [0.15, 0.2) is 48.5 Å². The lowest BCUT2D eigenvalue weighted by Crippen LogP contribution is -2.47. The van der Waals surface area contributed by atoms with Gasteiger partial charge in [0.15, 0.2) is 6.10 Å². The fourth-order valence-corrected chi connectivity index (χ4v) is 3.40. The topological polar surface area (TPSA) is 38.3 Å². The van der Waals surface area contributed by atoms with Crippen molar-refractivity contribution in [2.24, 2.45) is 0 Å². The van der Waals surface area contributed by atoms with Gasteiger partial charge in [-0.05, 0) is 30.0 Å². The fourth-order valence-electron chi connectivity index (χ4n) is 3.40. The minimum absolute atomic E-state index is 0.0440. The second kappa shape index (κ2) is 6.68. The van der Waals surface area contributed by atoms with E-state index in [1.807, 2.05) is 30.3 Å². The number of ether oxygens (including phenoxy) is 1. The maximum atomic E-state index is 12.8. The van der Waals surface area contributed by atoms with Crippen LogP contribution in [0, 0.1) is 0 Å². The van der Waals surface area contributed by atoms with Crippen LogP contribution < -0.4 is 10.1 Å². The number of rotatable bonds is 5. The quantitative estimate of drug-likeness (QED) is 0.903. The van der Waals surface area contributed by atoms with Gasteiger partial charge in [0.05, 0.1) is 0 Å². The van der Waals surface area contributed by atoms with Crippen LogP contribution >= 0.6 is 0 Å². The van der Waals surface area contributed by atoms with Crippen molar-refractivity contribution >= 4 is 5.91 Å². The zero-order valence-electron chi connectivity index (χ0n) is 14.6. The molecule has 1 amide bonds. The number of carbonyl (C=O) groups is 1. The molecular formula is C21H25NO2. The van der Waals surface area contributed by atoms with Crippen LogP contribution in [0.4, 0.5) is 0 Å². The Labute approximate surface area is 144 Å². The number of aryl methyl sites for hydroxylation is 1. The van der Waals surface area contributed by atoms with E-state index in [9.17, 15) is 4.79 Å². The van der Waals surface area contributed by atoms with Crippen molar-refractivity contribution in [2.75, 3.05) is 0 Å². The van der Waals surface area contributed by atoms with Gasteiger partial charge >= 0.3 is 0 Å². The summed E-state index contributed by atoms with van der Waals surface area (Å²) in [5.74, 6) is 0.785. The van der Waals surface area contributed by atoms with Crippen molar-refractivity contribution in [1.29, 1.82) is 0 Å². The smallest absolute Gasteiger partial charge is 0.262 e. The third-order valence-electron chi connectivity index (χ3n) is 5.16. The van der Waals surface area contributed by atoms with Crippen molar-refractivity contribution in [2.45, 2.75) is 51.7 Å². The van der Waals surface area contributed by atoms with Gasteiger partial charge in [-0.15, -0.1) is 0 Å². The maximum absolute atomic E-state index is 12.8. The molecule has 1 aliphatic rings. The van der Waals surface area contributed by atoms with Crippen LogP contribution in [0.5, 0.6) is 5.75 Å². The molecule has 2 atom stereocenters. The van der Waals surface area contributed by atoms with Gasteiger partial charge in [-0.25, -0.2) is 0 Å². The molecule has 0 aromatic heterocycles. The van der Waals surface area contributed by atoms with Gasteiger partial charge in [-0.2, -0.15) is 0 Å². The van der Waals surface area contributed by atoms with Gasteiger partial charge in [-0.1, -0.05) is 63.2 Å². The van der Waals surface area contributed by atoms with E-state index in [4.69, 9.17) is 4.74 Å². The maximum Gasteiger partial charge on any atom is 0.262 e. The number of hydrogen-bond donors (Lipinski definition) is 1. The Kier molecular flexibility index (Phi) is 4.61. The summed E-state index contributed by atoms with van der Waals surface area (Å²) in [6.07, 6.45) is 1.37. The van der Waals surface area contributed by atoms with E-state index < -0.39 is 6.10 Å². The summed E-state index contributed by atoms with van der Waals surface area (Å²) in [5.41, 5.74) is 3.24. The Morgan fingerprint density at radius 3 is 2.62 bits per heavy atom. The van der Waals surface area contributed by atoms with Crippen molar-refractivity contribution in [3.63, 3.8) is 0 Å². The van der Waals surface area contributed by atoms with Crippen LogP contribution in [-0.2, 0) is 23.2 Å². The average Bonchev–Trinajstić information content (AvgIpc) is 2.94. The first kappa shape index (κ1) is 16.6. The van der Waals surface area contributed by atoms with Gasteiger partial charge in [0, 0.05) is 17.5 Å². The van der Waals surface area contributed by atoms with E-state index in [0.717, 1.165) is 29.7 Å². The van der Waals surface area contributed by atoms with Gasteiger partial charge in [0.2, 0.25) is 0 Å². The molecule has 2 aromatic rings. The number of amides is 1. The third-order valence-corrected chi connectivity index (χ3v) is 5.16. The van der Waals surface area contributed by atoms with E-state index in [1.54, 1.807) is 0 Å². The molecular weight excluding hydrogens is 298 g/mol. The van der Waals surface area contributed by atoms with Gasteiger partial charge in [-0.3, -0.25) is 4.79 Å². The summed E-state index contributed by atoms with van der Waals surface area (Å²) in [6, 6.07) is 16.3. The lowest BCUT2D eigenvalue weighted by atomic mass is 9.76. The Bertz CT molecular complexity index is 740. The molecule has 3 nitrogen and oxygen atoms in total. The Morgan fingerprint density at radius 2 is 1.88 bits per heavy atom. The van der Waals surface area contributed by atoms with Crippen LogP contribution in [0.25, 0.3) is 0 Å². The largest absolute Gasteiger partial charge is 0.479 e. The van der Waals surface area contributed by atoms with Gasteiger partial charge in [0.25, 0.3) is 5.91 Å². The summed E-state index contributed by atoms with van der Waals surface area (Å²) in [5, 5.41) is 3.05.